The van der Waals surface area contributed by atoms with Gasteiger partial charge in [-0.05, 0) is 54.6 Å². The molecule has 1 aromatic heterocycles. The van der Waals surface area contributed by atoms with Gasteiger partial charge < -0.3 is 5.32 Å². The monoisotopic (exact) mass is 323 g/mol. The predicted octanol–water partition coefficient (Wildman–Crippen LogP) is 4.91. The number of hydrogen-bond acceptors (Lipinski definition) is 2. The quantitative estimate of drug-likeness (QED) is 0.824. The van der Waals surface area contributed by atoms with Gasteiger partial charge in [0, 0.05) is 9.35 Å². The van der Waals surface area contributed by atoms with E-state index in [0.29, 0.717) is 6.04 Å². The van der Waals surface area contributed by atoms with Gasteiger partial charge in [0.15, 0.2) is 0 Å². The lowest BCUT2D eigenvalue weighted by atomic mass is 9.99. The Bertz CT molecular complexity index is 507. The highest BCUT2D eigenvalue weighted by molar-refractivity contribution is 9.10. The zero-order chi connectivity index (χ0) is 13.0. The average Bonchev–Trinajstić information content (AvgIpc) is 2.77. The van der Waals surface area contributed by atoms with Crippen LogP contribution >= 0.6 is 27.3 Å². The first-order valence-electron chi connectivity index (χ1n) is 6.25. The Morgan fingerprint density at radius 3 is 2.78 bits per heavy atom. The zero-order valence-electron chi connectivity index (χ0n) is 10.7. The minimum atomic E-state index is 0.300. The minimum Gasteiger partial charge on any atom is -0.306 e. The fourth-order valence-electron chi connectivity index (χ4n) is 2.08. The lowest BCUT2D eigenvalue weighted by Crippen LogP contribution is -2.23. The SMILES string of the molecule is CCCNC(c1cccc(Br)c1)c1ccsc1C. The van der Waals surface area contributed by atoms with Crippen LogP contribution in [0.2, 0.25) is 0 Å². The lowest BCUT2D eigenvalue weighted by Gasteiger charge is -2.19. The van der Waals surface area contributed by atoms with E-state index in [0.717, 1.165) is 17.4 Å². The van der Waals surface area contributed by atoms with E-state index in [-0.39, 0.29) is 0 Å². The van der Waals surface area contributed by atoms with Crippen LogP contribution in [-0.4, -0.2) is 6.54 Å². The molecule has 1 aromatic carbocycles. The molecule has 0 saturated heterocycles. The molecule has 1 unspecified atom stereocenters. The maximum atomic E-state index is 3.64. The van der Waals surface area contributed by atoms with E-state index in [1.807, 2.05) is 11.3 Å². The van der Waals surface area contributed by atoms with Crippen LogP contribution in [0.1, 0.15) is 35.4 Å². The first-order chi connectivity index (χ1) is 8.72. The van der Waals surface area contributed by atoms with E-state index >= 15 is 0 Å². The topological polar surface area (TPSA) is 12.0 Å². The molecular weight excluding hydrogens is 306 g/mol. The van der Waals surface area contributed by atoms with Gasteiger partial charge in [-0.2, -0.15) is 0 Å². The van der Waals surface area contributed by atoms with Crippen molar-refractivity contribution in [3.63, 3.8) is 0 Å². The molecule has 0 spiro atoms. The molecule has 0 saturated carbocycles. The van der Waals surface area contributed by atoms with E-state index in [1.165, 1.54) is 16.0 Å². The molecule has 0 amide bonds. The van der Waals surface area contributed by atoms with Crippen LogP contribution in [0.25, 0.3) is 0 Å². The summed E-state index contributed by atoms with van der Waals surface area (Å²) >= 11 is 5.37. The molecule has 1 atom stereocenters. The Hall–Kier alpha value is -0.640. The fourth-order valence-corrected chi connectivity index (χ4v) is 3.23. The molecule has 0 aliphatic carbocycles. The van der Waals surface area contributed by atoms with Crippen molar-refractivity contribution >= 4 is 27.3 Å². The van der Waals surface area contributed by atoms with Crippen LogP contribution in [0.15, 0.2) is 40.2 Å². The van der Waals surface area contributed by atoms with Gasteiger partial charge in [0.05, 0.1) is 6.04 Å². The second-order valence-corrected chi connectivity index (χ2v) is 6.41. The van der Waals surface area contributed by atoms with E-state index in [9.17, 15) is 0 Å². The number of aryl methyl sites for hydroxylation is 1. The van der Waals surface area contributed by atoms with Gasteiger partial charge in [0.25, 0.3) is 0 Å². The molecule has 96 valence electrons. The van der Waals surface area contributed by atoms with Crippen LogP contribution in [0.5, 0.6) is 0 Å². The number of halogens is 1. The molecule has 1 nitrogen and oxygen atoms in total. The Balaban J connectivity index is 2.33. The van der Waals surface area contributed by atoms with Crippen LogP contribution in [-0.2, 0) is 0 Å². The Morgan fingerprint density at radius 1 is 1.33 bits per heavy atom. The molecule has 3 heteroatoms. The first-order valence-corrected chi connectivity index (χ1v) is 7.92. The highest BCUT2D eigenvalue weighted by atomic mass is 79.9. The largest absolute Gasteiger partial charge is 0.306 e. The molecule has 2 aromatic rings. The molecule has 0 aliphatic rings. The molecule has 2 rings (SSSR count). The summed E-state index contributed by atoms with van der Waals surface area (Å²) in [6.07, 6.45) is 1.15. The van der Waals surface area contributed by atoms with Crippen molar-refractivity contribution in [3.8, 4) is 0 Å². The summed E-state index contributed by atoms with van der Waals surface area (Å²) in [7, 11) is 0. The lowest BCUT2D eigenvalue weighted by molar-refractivity contribution is 0.598. The van der Waals surface area contributed by atoms with E-state index < -0.39 is 0 Å². The van der Waals surface area contributed by atoms with E-state index in [4.69, 9.17) is 0 Å². The summed E-state index contributed by atoms with van der Waals surface area (Å²) in [5.74, 6) is 0. The number of hydrogen-bond donors (Lipinski definition) is 1. The highest BCUT2D eigenvalue weighted by Gasteiger charge is 2.16. The maximum absolute atomic E-state index is 3.64. The van der Waals surface area contributed by atoms with Crippen LogP contribution in [0.3, 0.4) is 0 Å². The second kappa shape index (κ2) is 6.50. The fraction of sp³-hybridized carbons (Fsp3) is 0.333. The molecule has 1 N–H and O–H groups in total. The molecule has 1 heterocycles. The van der Waals surface area contributed by atoms with E-state index in [2.05, 4.69) is 70.8 Å². The van der Waals surface area contributed by atoms with Gasteiger partial charge in [-0.25, -0.2) is 0 Å². The van der Waals surface area contributed by atoms with E-state index in [1.54, 1.807) is 0 Å². The van der Waals surface area contributed by atoms with Gasteiger partial charge in [-0.3, -0.25) is 0 Å². The van der Waals surface area contributed by atoms with Gasteiger partial charge in [0.1, 0.15) is 0 Å². The number of nitrogens with one attached hydrogen (secondary N) is 1. The Kier molecular flexibility index (Phi) is 4.98. The van der Waals surface area contributed by atoms with Crippen LogP contribution in [0, 0.1) is 6.92 Å². The number of benzene rings is 1. The molecule has 0 radical (unpaired) electrons. The Labute approximate surface area is 121 Å². The standard InChI is InChI=1S/C15H18BrNS/c1-3-8-17-15(14-7-9-18-11(14)2)12-5-4-6-13(16)10-12/h4-7,9-10,15,17H,3,8H2,1-2H3. The van der Waals surface area contributed by atoms with Crippen molar-refractivity contribution < 1.29 is 0 Å². The predicted molar refractivity (Wildman–Crippen MR) is 83.3 cm³/mol. The van der Waals surface area contributed by atoms with Gasteiger partial charge in [-0.1, -0.05) is 35.0 Å². The summed E-state index contributed by atoms with van der Waals surface area (Å²) < 4.78 is 1.14. The second-order valence-electron chi connectivity index (χ2n) is 4.37. The molecular formula is C15H18BrNS. The number of rotatable bonds is 5. The summed E-state index contributed by atoms with van der Waals surface area (Å²) in [5.41, 5.74) is 2.71. The van der Waals surface area contributed by atoms with Crippen molar-refractivity contribution in [1.29, 1.82) is 0 Å². The summed E-state index contributed by atoms with van der Waals surface area (Å²) in [6, 6.07) is 11.1. The summed E-state index contributed by atoms with van der Waals surface area (Å²) in [4.78, 5) is 1.39. The minimum absolute atomic E-state index is 0.300. The Morgan fingerprint density at radius 2 is 2.17 bits per heavy atom. The summed E-state index contributed by atoms with van der Waals surface area (Å²) in [6.45, 7) is 5.43. The summed E-state index contributed by atoms with van der Waals surface area (Å²) in [5, 5.41) is 5.81. The van der Waals surface area contributed by atoms with Crippen LogP contribution < -0.4 is 5.32 Å². The van der Waals surface area contributed by atoms with Crippen molar-refractivity contribution in [1.82, 2.24) is 5.32 Å². The number of thiophene rings is 1. The maximum Gasteiger partial charge on any atom is 0.0587 e. The zero-order valence-corrected chi connectivity index (χ0v) is 13.1. The third-order valence-corrected chi connectivity index (χ3v) is 4.35. The van der Waals surface area contributed by atoms with Gasteiger partial charge >= 0.3 is 0 Å². The van der Waals surface area contributed by atoms with Gasteiger partial charge in [0.2, 0.25) is 0 Å². The molecule has 0 aliphatic heterocycles. The normalized spacial score (nSPS) is 12.6. The van der Waals surface area contributed by atoms with Gasteiger partial charge in [-0.15, -0.1) is 11.3 Å². The van der Waals surface area contributed by atoms with Crippen molar-refractivity contribution in [3.05, 3.63) is 56.2 Å². The highest BCUT2D eigenvalue weighted by Crippen LogP contribution is 2.29. The van der Waals surface area contributed by atoms with Crippen LogP contribution in [0.4, 0.5) is 0 Å². The smallest absolute Gasteiger partial charge is 0.0587 e. The van der Waals surface area contributed by atoms with Crippen molar-refractivity contribution in [2.24, 2.45) is 0 Å². The molecule has 18 heavy (non-hydrogen) atoms. The van der Waals surface area contributed by atoms with Crippen molar-refractivity contribution in [2.45, 2.75) is 26.3 Å². The average molecular weight is 324 g/mol. The first kappa shape index (κ1) is 13.8. The third kappa shape index (κ3) is 3.22. The van der Waals surface area contributed by atoms with Crippen molar-refractivity contribution in [2.75, 3.05) is 6.54 Å². The molecule has 0 bridgehead atoms. The third-order valence-electron chi connectivity index (χ3n) is 2.99. The molecule has 0 fully saturated rings.